The van der Waals surface area contributed by atoms with E-state index in [1.807, 2.05) is 0 Å². The maximum Gasteiger partial charge on any atom is 0.312 e. The summed E-state index contributed by atoms with van der Waals surface area (Å²) in [6, 6.07) is 7.55. The van der Waals surface area contributed by atoms with Crippen LogP contribution in [0.15, 0.2) is 39.3 Å². The van der Waals surface area contributed by atoms with E-state index in [2.05, 4.69) is 42.5 Å². The summed E-state index contributed by atoms with van der Waals surface area (Å²) in [5.41, 5.74) is 0.355. The molecule has 0 unspecified atom stereocenters. The average Bonchev–Trinajstić information content (AvgIpc) is 2.60. The molecule has 2 aromatic carbocycles. The van der Waals surface area contributed by atoms with Gasteiger partial charge in [0.2, 0.25) is 0 Å². The van der Waals surface area contributed by atoms with Crippen molar-refractivity contribution in [2.24, 2.45) is 0 Å². The van der Waals surface area contributed by atoms with Crippen LogP contribution in [0.3, 0.4) is 0 Å². The van der Waals surface area contributed by atoms with Crippen molar-refractivity contribution in [3.8, 4) is 11.5 Å². The largest absolute Gasteiger partial charge is 0.495 e. The van der Waals surface area contributed by atoms with Crippen LogP contribution in [0.2, 0.25) is 0 Å². The van der Waals surface area contributed by atoms with Crippen molar-refractivity contribution in [2.75, 3.05) is 19.5 Å². The first kappa shape index (κ1) is 21.1. The van der Waals surface area contributed by atoms with Gasteiger partial charge in [-0.05, 0) is 52.4 Å². The molecule has 0 saturated heterocycles. The zero-order valence-corrected chi connectivity index (χ0v) is 18.0. The number of hydrogen-bond donors (Lipinski definition) is 2. The lowest BCUT2D eigenvalue weighted by Gasteiger charge is -2.13. The number of nitro groups is 1. The van der Waals surface area contributed by atoms with Crippen LogP contribution in [0.5, 0.6) is 11.5 Å². The minimum atomic E-state index is -0.574. The molecule has 1 amide bonds. The monoisotopic (exact) mass is 517 g/mol. The molecule has 142 valence electrons. The van der Waals surface area contributed by atoms with Crippen molar-refractivity contribution < 1.29 is 19.2 Å². The van der Waals surface area contributed by atoms with Gasteiger partial charge in [0.25, 0.3) is 5.91 Å². The zero-order chi connectivity index (χ0) is 20.1. The van der Waals surface area contributed by atoms with Gasteiger partial charge in [0.15, 0.2) is 10.9 Å². The number of thiocarbonyl (C=S) groups is 1. The normalized spacial score (nSPS) is 10.1. The maximum atomic E-state index is 12.5. The second-order valence-electron chi connectivity index (χ2n) is 5.02. The summed E-state index contributed by atoms with van der Waals surface area (Å²) < 4.78 is 11.4. The number of ether oxygens (including phenoxy) is 2. The Kier molecular flexibility index (Phi) is 7.11. The number of halogens is 2. The van der Waals surface area contributed by atoms with Crippen molar-refractivity contribution >= 4 is 66.5 Å². The highest BCUT2D eigenvalue weighted by molar-refractivity contribution is 9.11. The summed E-state index contributed by atoms with van der Waals surface area (Å²) in [5.74, 6) is -0.0443. The van der Waals surface area contributed by atoms with E-state index in [0.717, 1.165) is 0 Å². The Morgan fingerprint density at radius 2 is 1.89 bits per heavy atom. The van der Waals surface area contributed by atoms with E-state index in [1.54, 1.807) is 18.2 Å². The van der Waals surface area contributed by atoms with Crippen LogP contribution in [0.1, 0.15) is 10.4 Å². The summed E-state index contributed by atoms with van der Waals surface area (Å²) in [5, 5.41) is 16.3. The van der Waals surface area contributed by atoms with Crippen LogP contribution in [-0.2, 0) is 0 Å². The van der Waals surface area contributed by atoms with Gasteiger partial charge in [-0.2, -0.15) is 0 Å². The summed E-state index contributed by atoms with van der Waals surface area (Å²) in [6.45, 7) is 0. The highest BCUT2D eigenvalue weighted by Gasteiger charge is 2.19. The van der Waals surface area contributed by atoms with Gasteiger partial charge in [0.1, 0.15) is 5.75 Å². The Bertz CT molecular complexity index is 923. The summed E-state index contributed by atoms with van der Waals surface area (Å²) in [7, 11) is 2.78. The topological polar surface area (TPSA) is 103 Å². The van der Waals surface area contributed by atoms with Crippen LogP contribution in [-0.4, -0.2) is 30.2 Å². The number of hydrogen-bond acceptors (Lipinski definition) is 6. The van der Waals surface area contributed by atoms with Gasteiger partial charge in [-0.3, -0.25) is 20.2 Å². The first-order chi connectivity index (χ1) is 12.8. The number of nitro benzene ring substituents is 1. The lowest BCUT2D eigenvalue weighted by atomic mass is 10.2. The Hall–Kier alpha value is -2.24. The van der Waals surface area contributed by atoms with E-state index >= 15 is 0 Å². The highest BCUT2D eigenvalue weighted by atomic mass is 79.9. The smallest absolute Gasteiger partial charge is 0.312 e. The molecule has 0 spiro atoms. The first-order valence-electron chi connectivity index (χ1n) is 7.24. The van der Waals surface area contributed by atoms with E-state index in [1.165, 1.54) is 26.4 Å². The number of carbonyl (C=O) groups excluding carboxylic acids is 1. The third-order valence-corrected chi connectivity index (χ3v) is 4.57. The van der Waals surface area contributed by atoms with E-state index in [0.29, 0.717) is 20.4 Å². The molecule has 2 rings (SSSR count). The first-order valence-corrected chi connectivity index (χ1v) is 9.24. The molecule has 0 atom stereocenters. The maximum absolute atomic E-state index is 12.5. The van der Waals surface area contributed by atoms with Crippen molar-refractivity contribution in [3.05, 3.63) is 55.0 Å². The average molecular weight is 519 g/mol. The zero-order valence-electron chi connectivity index (χ0n) is 14.0. The molecule has 2 aromatic rings. The molecule has 2 N–H and O–H groups in total. The molecule has 0 saturated carbocycles. The summed E-state index contributed by atoms with van der Waals surface area (Å²) in [6.07, 6.45) is 0. The molecule has 11 heteroatoms. The second-order valence-corrected chi connectivity index (χ2v) is 7.20. The molecule has 0 aliphatic rings. The van der Waals surface area contributed by atoms with E-state index in [9.17, 15) is 14.9 Å². The molecule has 0 aliphatic heterocycles. The minimum Gasteiger partial charge on any atom is -0.495 e. The third kappa shape index (κ3) is 5.15. The Labute approximate surface area is 176 Å². The molecular formula is C16H13Br2N3O5S. The van der Waals surface area contributed by atoms with Crippen LogP contribution in [0, 0.1) is 10.1 Å². The number of rotatable bonds is 5. The predicted molar refractivity (Wildman–Crippen MR) is 112 cm³/mol. The standard InChI is InChI=1S/C16H13Br2N3O5S/c1-25-13-4-3-9(7-12(13)21(23)24)19-16(27)20-15(22)10-5-8(17)6-11(18)14(10)26-2/h3-7H,1-2H3,(H2,19,20,22,27). The minimum absolute atomic E-state index is 0.0300. The number of nitrogens with zero attached hydrogens (tertiary/aromatic N) is 1. The molecule has 0 fully saturated rings. The SMILES string of the molecule is COc1ccc(NC(=S)NC(=O)c2cc(Br)cc(Br)c2OC)cc1[N+](=O)[O-]. The fraction of sp³-hybridized carbons (Fsp3) is 0.125. The lowest BCUT2D eigenvalue weighted by Crippen LogP contribution is -2.34. The molecule has 0 radical (unpaired) electrons. The van der Waals surface area contributed by atoms with E-state index in [-0.39, 0.29) is 22.1 Å². The molecular weight excluding hydrogens is 506 g/mol. The second kappa shape index (κ2) is 9.11. The van der Waals surface area contributed by atoms with Crippen LogP contribution in [0.25, 0.3) is 0 Å². The van der Waals surface area contributed by atoms with E-state index in [4.69, 9.17) is 21.7 Å². The Morgan fingerprint density at radius 3 is 2.48 bits per heavy atom. The van der Waals surface area contributed by atoms with Crippen molar-refractivity contribution in [3.63, 3.8) is 0 Å². The van der Waals surface area contributed by atoms with Gasteiger partial charge in [-0.15, -0.1) is 0 Å². The van der Waals surface area contributed by atoms with Gasteiger partial charge < -0.3 is 14.8 Å². The van der Waals surface area contributed by atoms with Gasteiger partial charge in [0, 0.05) is 16.2 Å². The number of carbonyl (C=O) groups is 1. The summed E-state index contributed by atoms with van der Waals surface area (Å²) in [4.78, 5) is 23.0. The predicted octanol–water partition coefficient (Wildman–Crippen LogP) is 4.26. The van der Waals surface area contributed by atoms with Gasteiger partial charge in [0.05, 0.1) is 29.2 Å². The number of amides is 1. The van der Waals surface area contributed by atoms with Gasteiger partial charge in [-0.25, -0.2) is 0 Å². The quantitative estimate of drug-likeness (QED) is 0.346. The number of benzene rings is 2. The third-order valence-electron chi connectivity index (χ3n) is 3.32. The van der Waals surface area contributed by atoms with Gasteiger partial charge in [-0.1, -0.05) is 15.9 Å². The summed E-state index contributed by atoms with van der Waals surface area (Å²) >= 11 is 11.8. The highest BCUT2D eigenvalue weighted by Crippen LogP contribution is 2.33. The molecule has 0 aliphatic carbocycles. The molecule has 0 bridgehead atoms. The van der Waals surface area contributed by atoms with Crippen molar-refractivity contribution in [1.82, 2.24) is 5.32 Å². The molecule has 27 heavy (non-hydrogen) atoms. The Morgan fingerprint density at radius 1 is 1.19 bits per heavy atom. The lowest BCUT2D eigenvalue weighted by molar-refractivity contribution is -0.385. The number of methoxy groups -OCH3 is 2. The number of nitrogens with one attached hydrogen (secondary N) is 2. The Balaban J connectivity index is 2.18. The fourth-order valence-corrected chi connectivity index (χ4v) is 3.78. The van der Waals surface area contributed by atoms with Crippen molar-refractivity contribution in [1.29, 1.82) is 0 Å². The molecule has 8 nitrogen and oxygen atoms in total. The van der Waals surface area contributed by atoms with Crippen LogP contribution < -0.4 is 20.1 Å². The van der Waals surface area contributed by atoms with Crippen LogP contribution in [0.4, 0.5) is 11.4 Å². The van der Waals surface area contributed by atoms with Crippen molar-refractivity contribution in [2.45, 2.75) is 0 Å². The molecule has 0 aromatic heterocycles. The van der Waals surface area contributed by atoms with E-state index < -0.39 is 10.8 Å². The molecule has 0 heterocycles. The fourth-order valence-electron chi connectivity index (χ4n) is 2.18. The van der Waals surface area contributed by atoms with Gasteiger partial charge >= 0.3 is 5.69 Å². The van der Waals surface area contributed by atoms with Crippen LogP contribution >= 0.6 is 44.1 Å². The number of anilines is 1.